The normalized spacial score (nSPS) is 20.4. The van der Waals surface area contributed by atoms with E-state index in [0.717, 1.165) is 37.7 Å². The van der Waals surface area contributed by atoms with E-state index in [1.807, 2.05) is 29.2 Å². The predicted octanol–water partition coefficient (Wildman–Crippen LogP) is 4.78. The molecular formula is C29H27FN4O2. The zero-order valence-electron chi connectivity index (χ0n) is 20.3. The number of benzene rings is 2. The van der Waals surface area contributed by atoms with Crippen LogP contribution in [-0.2, 0) is 17.6 Å². The summed E-state index contributed by atoms with van der Waals surface area (Å²) in [6, 6.07) is 12.2. The van der Waals surface area contributed by atoms with Gasteiger partial charge in [0.25, 0.3) is 0 Å². The Kier molecular flexibility index (Phi) is 5.40. The van der Waals surface area contributed by atoms with Gasteiger partial charge in [0.05, 0.1) is 24.9 Å². The molecule has 0 radical (unpaired) electrons. The van der Waals surface area contributed by atoms with E-state index in [9.17, 15) is 10.1 Å². The highest BCUT2D eigenvalue weighted by Crippen LogP contribution is 2.45. The molecule has 3 aliphatic rings. The predicted molar refractivity (Wildman–Crippen MR) is 136 cm³/mol. The number of aryl methyl sites for hydroxylation is 1. The van der Waals surface area contributed by atoms with Gasteiger partial charge >= 0.3 is 0 Å². The largest absolute Gasteiger partial charge is 0.480 e. The van der Waals surface area contributed by atoms with Crippen LogP contribution in [0.25, 0.3) is 22.0 Å². The molecule has 182 valence electrons. The number of rotatable bonds is 4. The van der Waals surface area contributed by atoms with Crippen LogP contribution >= 0.6 is 0 Å². The maximum absolute atomic E-state index is 16.2. The zero-order valence-corrected chi connectivity index (χ0v) is 20.3. The number of anilines is 1. The molecule has 2 atom stereocenters. The van der Waals surface area contributed by atoms with E-state index in [1.165, 1.54) is 24.3 Å². The lowest BCUT2D eigenvalue weighted by molar-refractivity contribution is -0.127. The van der Waals surface area contributed by atoms with Crippen molar-refractivity contribution in [2.75, 3.05) is 25.1 Å². The van der Waals surface area contributed by atoms with Gasteiger partial charge in [0.1, 0.15) is 17.1 Å². The molecule has 3 heterocycles. The van der Waals surface area contributed by atoms with E-state index < -0.39 is 5.82 Å². The molecule has 0 N–H and O–H groups in total. The van der Waals surface area contributed by atoms with Gasteiger partial charge in [-0.05, 0) is 60.9 Å². The van der Waals surface area contributed by atoms with Crippen molar-refractivity contribution in [2.24, 2.45) is 0 Å². The second-order valence-electron chi connectivity index (χ2n) is 9.74. The third kappa shape index (κ3) is 3.21. The van der Waals surface area contributed by atoms with E-state index in [2.05, 4.69) is 28.6 Å². The van der Waals surface area contributed by atoms with Crippen LogP contribution in [0.2, 0.25) is 0 Å². The number of hydrogen-bond donors (Lipinski definition) is 0. The average molecular weight is 483 g/mol. The number of methoxy groups -OCH3 is 1. The number of ether oxygens (including phenoxy) is 1. The Morgan fingerprint density at radius 1 is 1.22 bits per heavy atom. The first-order valence-electron chi connectivity index (χ1n) is 12.5. The minimum atomic E-state index is -0.400. The second-order valence-corrected chi connectivity index (χ2v) is 9.74. The van der Waals surface area contributed by atoms with Gasteiger partial charge in [-0.2, -0.15) is 5.26 Å². The summed E-state index contributed by atoms with van der Waals surface area (Å²) in [6.45, 7) is 4.81. The third-order valence-corrected chi connectivity index (χ3v) is 8.07. The minimum Gasteiger partial charge on any atom is -0.480 e. The summed E-state index contributed by atoms with van der Waals surface area (Å²) in [5, 5.41) is 10.6. The highest BCUT2D eigenvalue weighted by atomic mass is 19.1. The Labute approximate surface area is 209 Å². The molecule has 2 aliphatic heterocycles. The van der Waals surface area contributed by atoms with Gasteiger partial charge in [0, 0.05) is 24.0 Å². The lowest BCUT2D eigenvalue weighted by Gasteiger charge is -2.48. The molecule has 3 aromatic rings. The molecule has 6 rings (SSSR count). The van der Waals surface area contributed by atoms with Crippen molar-refractivity contribution in [3.63, 3.8) is 0 Å². The topological polar surface area (TPSA) is 69.5 Å². The fourth-order valence-corrected chi connectivity index (χ4v) is 6.31. The van der Waals surface area contributed by atoms with Gasteiger partial charge in [0.2, 0.25) is 11.8 Å². The summed E-state index contributed by atoms with van der Waals surface area (Å²) in [7, 11) is 1.45. The summed E-state index contributed by atoms with van der Waals surface area (Å²) in [5.41, 5.74) is 5.07. The van der Waals surface area contributed by atoms with Gasteiger partial charge in [0.15, 0.2) is 5.82 Å². The molecule has 6 nitrogen and oxygen atoms in total. The van der Waals surface area contributed by atoms with Crippen LogP contribution in [0.5, 0.6) is 5.88 Å². The summed E-state index contributed by atoms with van der Waals surface area (Å²) in [6.07, 6.45) is 6.33. The molecule has 0 bridgehead atoms. The maximum atomic E-state index is 16.2. The number of fused-ring (bicyclic) bond motifs is 3. The minimum absolute atomic E-state index is 0.0521. The molecule has 7 heteroatoms. The monoisotopic (exact) mass is 482 g/mol. The number of halogens is 1. The molecule has 0 spiro atoms. The van der Waals surface area contributed by atoms with E-state index in [1.54, 1.807) is 0 Å². The Bertz CT molecular complexity index is 1460. The van der Waals surface area contributed by atoms with Crippen LogP contribution in [-0.4, -0.2) is 48.1 Å². The number of carbonyl (C=O) groups excluding carboxylic acids is 1. The molecule has 2 aromatic carbocycles. The first kappa shape index (κ1) is 22.5. The number of hydrogen-bond acceptors (Lipinski definition) is 5. The highest BCUT2D eigenvalue weighted by Gasteiger charge is 2.49. The molecule has 1 amide bonds. The maximum Gasteiger partial charge on any atom is 0.246 e. The molecule has 36 heavy (non-hydrogen) atoms. The molecule has 1 aromatic heterocycles. The van der Waals surface area contributed by atoms with Crippen molar-refractivity contribution in [3.8, 4) is 23.1 Å². The van der Waals surface area contributed by atoms with Crippen LogP contribution in [0.3, 0.4) is 0 Å². The fourth-order valence-electron chi connectivity index (χ4n) is 6.31. The van der Waals surface area contributed by atoms with Crippen molar-refractivity contribution in [3.05, 3.63) is 65.5 Å². The van der Waals surface area contributed by atoms with Crippen molar-refractivity contribution in [1.29, 1.82) is 5.26 Å². The smallest absolute Gasteiger partial charge is 0.246 e. The number of nitriles is 1. The second kappa shape index (κ2) is 8.63. The quantitative estimate of drug-likeness (QED) is 0.501. The molecule has 2 saturated heterocycles. The molecule has 2 fully saturated rings. The van der Waals surface area contributed by atoms with Gasteiger partial charge in [-0.25, -0.2) is 9.37 Å². The summed E-state index contributed by atoms with van der Waals surface area (Å²) < 4.78 is 21.7. The van der Waals surface area contributed by atoms with E-state index in [0.29, 0.717) is 35.3 Å². The standard InChI is InChI=1S/C29H27FN4O2/c1-3-25(35)33-14-13-23-24(33)16-34(23)28-21-12-11-20(19-10-6-8-17-7-4-5-9-18(17)19)26(30)27(21)32-29(36-2)22(28)15-31/h3,6,8,10-12,23-24H,1,4-5,7,9,13-14,16H2,2H3/t23-,24-/m1/s1. The number of amides is 1. The number of aromatic nitrogens is 1. The van der Waals surface area contributed by atoms with Crippen molar-refractivity contribution < 1.29 is 13.9 Å². The van der Waals surface area contributed by atoms with Crippen LogP contribution < -0.4 is 9.64 Å². The summed E-state index contributed by atoms with van der Waals surface area (Å²) in [5.74, 6) is -0.365. The molecule has 0 unspecified atom stereocenters. The van der Waals surface area contributed by atoms with Crippen LogP contribution in [0, 0.1) is 17.1 Å². The summed E-state index contributed by atoms with van der Waals surface area (Å²) >= 11 is 0. The molecular weight excluding hydrogens is 455 g/mol. The Hall–Kier alpha value is -3.92. The number of nitrogens with zero attached hydrogens (tertiary/aromatic N) is 4. The number of carbonyl (C=O) groups is 1. The first-order chi connectivity index (χ1) is 17.6. The lowest BCUT2D eigenvalue weighted by Crippen LogP contribution is -2.63. The van der Waals surface area contributed by atoms with Crippen molar-refractivity contribution >= 4 is 22.5 Å². The van der Waals surface area contributed by atoms with E-state index >= 15 is 4.39 Å². The third-order valence-electron chi connectivity index (χ3n) is 8.07. The fraction of sp³-hybridized carbons (Fsp3) is 0.345. The molecule has 1 aliphatic carbocycles. The van der Waals surface area contributed by atoms with Gasteiger partial charge in [-0.15, -0.1) is 0 Å². The van der Waals surface area contributed by atoms with Crippen LogP contribution in [0.15, 0.2) is 43.0 Å². The average Bonchev–Trinajstić information content (AvgIpc) is 3.24. The Balaban J connectivity index is 1.50. The van der Waals surface area contributed by atoms with Gasteiger partial charge < -0.3 is 14.5 Å². The Morgan fingerprint density at radius 3 is 2.83 bits per heavy atom. The highest BCUT2D eigenvalue weighted by molar-refractivity contribution is 5.99. The lowest BCUT2D eigenvalue weighted by atomic mass is 9.85. The van der Waals surface area contributed by atoms with Crippen LogP contribution in [0.4, 0.5) is 10.1 Å². The number of likely N-dealkylation sites (tertiary alicyclic amines) is 1. The van der Waals surface area contributed by atoms with E-state index in [-0.39, 0.29) is 29.4 Å². The first-order valence-corrected chi connectivity index (χ1v) is 12.5. The van der Waals surface area contributed by atoms with Gasteiger partial charge in [-0.3, -0.25) is 4.79 Å². The van der Waals surface area contributed by atoms with Crippen molar-refractivity contribution in [2.45, 2.75) is 44.2 Å². The Morgan fingerprint density at radius 2 is 2.06 bits per heavy atom. The summed E-state index contributed by atoms with van der Waals surface area (Å²) in [4.78, 5) is 20.7. The van der Waals surface area contributed by atoms with Crippen LogP contribution in [0.1, 0.15) is 36.0 Å². The number of pyridine rings is 1. The SMILES string of the molecule is C=CC(=O)N1CC[C@@H]2[C@H]1CN2c1c(C#N)c(OC)nc2c(F)c(-c3cccc4c3CCCC4)ccc12. The molecule has 0 saturated carbocycles. The van der Waals surface area contributed by atoms with Gasteiger partial charge in [-0.1, -0.05) is 30.8 Å². The zero-order chi connectivity index (χ0) is 25.0. The van der Waals surface area contributed by atoms with Crippen molar-refractivity contribution in [1.82, 2.24) is 9.88 Å². The van der Waals surface area contributed by atoms with E-state index in [4.69, 9.17) is 4.74 Å².